The molecule has 0 saturated carbocycles. The zero-order valence-electron chi connectivity index (χ0n) is 15.3. The fourth-order valence-corrected chi connectivity index (χ4v) is 3.74. The summed E-state index contributed by atoms with van der Waals surface area (Å²) in [7, 11) is 0. The van der Waals surface area contributed by atoms with Gasteiger partial charge in [-0.3, -0.25) is 19.3 Å². The first-order valence-electron chi connectivity index (χ1n) is 8.51. The van der Waals surface area contributed by atoms with Crippen LogP contribution in [0.4, 0.5) is 10.5 Å². The van der Waals surface area contributed by atoms with E-state index in [0.717, 1.165) is 22.9 Å². The smallest absolute Gasteiger partial charge is 0.289 e. The summed E-state index contributed by atoms with van der Waals surface area (Å²) in [5.41, 5.74) is 1.36. The third-order valence-corrected chi connectivity index (χ3v) is 6.20. The Kier molecular flexibility index (Phi) is 6.03. The van der Waals surface area contributed by atoms with Crippen molar-refractivity contribution in [1.82, 2.24) is 4.90 Å². The Balaban J connectivity index is 1.69. The van der Waals surface area contributed by atoms with E-state index in [2.05, 4.69) is 5.32 Å². The van der Waals surface area contributed by atoms with Crippen molar-refractivity contribution in [2.45, 2.75) is 25.8 Å². The molecule has 0 radical (unpaired) electrons. The van der Waals surface area contributed by atoms with Crippen LogP contribution in [0.15, 0.2) is 42.5 Å². The van der Waals surface area contributed by atoms with E-state index in [1.54, 1.807) is 56.3 Å². The highest BCUT2D eigenvalue weighted by molar-refractivity contribution is 8.14. The molecule has 2 aromatic carbocycles. The number of halogens is 2. The molecule has 28 heavy (non-hydrogen) atoms. The number of carbonyl (C=O) groups is 3. The molecule has 5 nitrogen and oxygen atoms in total. The van der Waals surface area contributed by atoms with Crippen LogP contribution in [0.25, 0.3) is 0 Å². The predicted octanol–water partition coefficient (Wildman–Crippen LogP) is 5.11. The van der Waals surface area contributed by atoms with Gasteiger partial charge < -0.3 is 5.32 Å². The number of hydrogen-bond donors (Lipinski definition) is 1. The fourth-order valence-electron chi connectivity index (χ4n) is 2.71. The van der Waals surface area contributed by atoms with Crippen LogP contribution in [0.3, 0.4) is 0 Å². The van der Waals surface area contributed by atoms with Crippen LogP contribution in [-0.2, 0) is 21.5 Å². The van der Waals surface area contributed by atoms with Gasteiger partial charge >= 0.3 is 0 Å². The number of rotatable bonds is 5. The second-order valence-electron chi connectivity index (χ2n) is 6.94. The summed E-state index contributed by atoms with van der Waals surface area (Å²) in [6, 6.07) is 12.2. The Morgan fingerprint density at radius 3 is 2.36 bits per heavy atom. The summed E-state index contributed by atoms with van der Waals surface area (Å²) in [6.45, 7) is 3.84. The number of amides is 3. The van der Waals surface area contributed by atoms with Crippen LogP contribution in [0.2, 0.25) is 10.0 Å². The molecule has 3 amide bonds. The molecule has 1 fully saturated rings. The van der Waals surface area contributed by atoms with E-state index in [4.69, 9.17) is 23.2 Å². The van der Waals surface area contributed by atoms with Crippen LogP contribution in [-0.4, -0.2) is 27.7 Å². The van der Waals surface area contributed by atoms with Crippen molar-refractivity contribution in [3.63, 3.8) is 0 Å². The Morgan fingerprint density at radius 1 is 1.11 bits per heavy atom. The van der Waals surface area contributed by atoms with E-state index in [-0.39, 0.29) is 29.4 Å². The molecule has 2 aromatic rings. The minimum Gasteiger partial charge on any atom is -0.325 e. The molecular weight excluding hydrogens is 419 g/mol. The minimum absolute atomic E-state index is 0.184. The summed E-state index contributed by atoms with van der Waals surface area (Å²) >= 11 is 13.0. The van der Waals surface area contributed by atoms with Gasteiger partial charge in [0.1, 0.15) is 0 Å². The summed E-state index contributed by atoms with van der Waals surface area (Å²) in [4.78, 5) is 37.4. The van der Waals surface area contributed by atoms with Crippen molar-refractivity contribution >= 4 is 57.7 Å². The highest BCUT2D eigenvalue weighted by atomic mass is 35.5. The molecule has 0 bridgehead atoms. The lowest BCUT2D eigenvalue weighted by atomic mass is 9.83. The average Bonchev–Trinajstić information content (AvgIpc) is 2.97. The van der Waals surface area contributed by atoms with Crippen molar-refractivity contribution in [2.24, 2.45) is 0 Å². The molecule has 1 aliphatic rings. The highest BCUT2D eigenvalue weighted by Gasteiger charge is 2.31. The van der Waals surface area contributed by atoms with Gasteiger partial charge in [-0.1, -0.05) is 53.2 Å². The van der Waals surface area contributed by atoms with E-state index >= 15 is 0 Å². The molecule has 1 saturated heterocycles. The van der Waals surface area contributed by atoms with Crippen LogP contribution in [0.1, 0.15) is 25.0 Å². The van der Waals surface area contributed by atoms with E-state index < -0.39 is 5.41 Å². The molecule has 0 spiro atoms. The van der Waals surface area contributed by atoms with Crippen molar-refractivity contribution in [1.29, 1.82) is 0 Å². The molecule has 1 aliphatic heterocycles. The highest BCUT2D eigenvalue weighted by Crippen LogP contribution is 2.31. The lowest BCUT2D eigenvalue weighted by molar-refractivity contribution is -0.125. The van der Waals surface area contributed by atoms with Gasteiger partial charge in [-0.05, 0) is 49.2 Å². The monoisotopic (exact) mass is 436 g/mol. The first-order valence-corrected chi connectivity index (χ1v) is 10.3. The van der Waals surface area contributed by atoms with Crippen molar-refractivity contribution in [3.8, 4) is 0 Å². The second kappa shape index (κ2) is 8.15. The van der Waals surface area contributed by atoms with Gasteiger partial charge in [0.15, 0.2) is 0 Å². The largest absolute Gasteiger partial charge is 0.325 e. The van der Waals surface area contributed by atoms with E-state index in [0.29, 0.717) is 15.7 Å². The quantitative estimate of drug-likeness (QED) is 0.707. The molecule has 0 unspecified atom stereocenters. The number of hydrogen-bond acceptors (Lipinski definition) is 4. The molecule has 0 atom stereocenters. The van der Waals surface area contributed by atoms with Gasteiger partial charge in [-0.25, -0.2) is 0 Å². The lowest BCUT2D eigenvalue weighted by Crippen LogP contribution is -2.34. The fraction of sp³-hybridized carbons (Fsp3) is 0.250. The standard InChI is InChI=1S/C20H18Cl2N2O3S/c1-20(2,13-5-8-15(21)16(22)9-13)18(26)23-14-6-3-12(4-7-14)10-24-17(25)11-28-19(24)27/h3-9H,10-11H2,1-2H3,(H,23,26). The number of nitrogens with zero attached hydrogens (tertiary/aromatic N) is 1. The topological polar surface area (TPSA) is 66.5 Å². The number of imide groups is 1. The van der Waals surface area contributed by atoms with Crippen molar-refractivity contribution in [3.05, 3.63) is 63.6 Å². The Bertz CT molecular complexity index is 929. The van der Waals surface area contributed by atoms with Gasteiger partial charge in [0.05, 0.1) is 27.8 Å². The van der Waals surface area contributed by atoms with E-state index in [1.165, 1.54) is 4.90 Å². The molecule has 8 heteroatoms. The SMILES string of the molecule is CC(C)(C(=O)Nc1ccc(CN2C(=O)CSC2=O)cc1)c1ccc(Cl)c(Cl)c1. The van der Waals surface area contributed by atoms with E-state index in [9.17, 15) is 14.4 Å². The van der Waals surface area contributed by atoms with Gasteiger partial charge in [-0.2, -0.15) is 0 Å². The summed E-state index contributed by atoms with van der Waals surface area (Å²) in [5.74, 6) is -0.188. The lowest BCUT2D eigenvalue weighted by Gasteiger charge is -2.24. The van der Waals surface area contributed by atoms with E-state index in [1.807, 2.05) is 0 Å². The maximum Gasteiger partial charge on any atom is 0.289 e. The third kappa shape index (κ3) is 4.35. The zero-order chi connectivity index (χ0) is 20.5. The van der Waals surface area contributed by atoms with Gasteiger partial charge in [0.2, 0.25) is 11.8 Å². The number of benzene rings is 2. The second-order valence-corrected chi connectivity index (χ2v) is 8.68. The molecular formula is C20H18Cl2N2O3S. The number of nitrogens with one attached hydrogen (secondary N) is 1. The maximum atomic E-state index is 12.8. The van der Waals surface area contributed by atoms with Gasteiger partial charge in [0.25, 0.3) is 5.24 Å². The van der Waals surface area contributed by atoms with Crippen LogP contribution in [0.5, 0.6) is 0 Å². The maximum absolute atomic E-state index is 12.8. The van der Waals surface area contributed by atoms with Crippen LogP contribution >= 0.6 is 35.0 Å². The normalized spacial score (nSPS) is 14.5. The summed E-state index contributed by atoms with van der Waals surface area (Å²) in [5, 5.41) is 3.49. The van der Waals surface area contributed by atoms with Gasteiger partial charge in [0, 0.05) is 5.69 Å². The first kappa shape index (κ1) is 20.7. The number of thioether (sulfide) groups is 1. The zero-order valence-corrected chi connectivity index (χ0v) is 17.6. The molecule has 3 rings (SSSR count). The first-order chi connectivity index (χ1) is 13.2. The predicted molar refractivity (Wildman–Crippen MR) is 113 cm³/mol. The molecule has 0 aliphatic carbocycles. The number of anilines is 1. The van der Waals surface area contributed by atoms with Crippen molar-refractivity contribution in [2.75, 3.05) is 11.1 Å². The number of carbonyl (C=O) groups excluding carboxylic acids is 3. The van der Waals surface area contributed by atoms with Crippen molar-refractivity contribution < 1.29 is 14.4 Å². The molecule has 146 valence electrons. The van der Waals surface area contributed by atoms with Crippen LogP contribution in [0, 0.1) is 0 Å². The van der Waals surface area contributed by atoms with Gasteiger partial charge in [-0.15, -0.1) is 0 Å². The Labute approximate surface area is 177 Å². The molecule has 1 heterocycles. The van der Waals surface area contributed by atoms with Crippen LogP contribution < -0.4 is 5.32 Å². The molecule has 0 aromatic heterocycles. The average molecular weight is 437 g/mol. The third-order valence-electron chi connectivity index (χ3n) is 4.60. The minimum atomic E-state index is -0.821. The Morgan fingerprint density at radius 2 is 1.79 bits per heavy atom. The Hall–Kier alpha value is -2.02. The molecule has 1 N–H and O–H groups in total. The summed E-state index contributed by atoms with van der Waals surface area (Å²) < 4.78 is 0. The summed E-state index contributed by atoms with van der Waals surface area (Å²) in [6.07, 6.45) is 0.